The van der Waals surface area contributed by atoms with Crippen LogP contribution in [0.5, 0.6) is 0 Å². The van der Waals surface area contributed by atoms with E-state index in [1.165, 1.54) is 34.3 Å². The first kappa shape index (κ1) is 20.2. The molecule has 1 amide bonds. The van der Waals surface area contributed by atoms with Crippen molar-refractivity contribution in [2.24, 2.45) is 0 Å². The van der Waals surface area contributed by atoms with E-state index in [4.69, 9.17) is 5.73 Å². The van der Waals surface area contributed by atoms with Gasteiger partial charge in [-0.2, -0.15) is 0 Å². The van der Waals surface area contributed by atoms with E-state index in [9.17, 15) is 14.7 Å². The van der Waals surface area contributed by atoms with E-state index < -0.39 is 0 Å². The van der Waals surface area contributed by atoms with E-state index >= 15 is 0 Å². The molecule has 0 unspecified atom stereocenters. The average Bonchev–Trinajstić information content (AvgIpc) is 2.77. The van der Waals surface area contributed by atoms with Gasteiger partial charge in [0.05, 0.1) is 13.2 Å². The number of nitrogens with two attached hydrogens (primary N) is 1. The Morgan fingerprint density at radius 3 is 2.83 bits per heavy atom. The number of aliphatic hydroxyl groups excluding tert-OH is 1. The number of fused-ring (bicyclic) bond motifs is 2. The molecule has 1 aliphatic rings. The second-order valence-electron chi connectivity index (χ2n) is 7.56. The number of carbonyl (C=O) groups excluding carboxylic acids is 1. The van der Waals surface area contributed by atoms with Gasteiger partial charge in [-0.1, -0.05) is 17.5 Å². The van der Waals surface area contributed by atoms with Crippen molar-refractivity contribution < 1.29 is 14.5 Å². The summed E-state index contributed by atoms with van der Waals surface area (Å²) in [7, 11) is 0. The number of nitrogens with one attached hydrogen (secondary N) is 1. The van der Waals surface area contributed by atoms with Crippen molar-refractivity contribution >= 4 is 28.4 Å². The maximum atomic E-state index is 13.0. The lowest BCUT2D eigenvalue weighted by molar-refractivity contribution is -0.660. The van der Waals surface area contributed by atoms with E-state index in [0.29, 0.717) is 17.8 Å². The van der Waals surface area contributed by atoms with Gasteiger partial charge in [0.15, 0.2) is 0 Å². The lowest BCUT2D eigenvalue weighted by Gasteiger charge is -2.26. The maximum absolute atomic E-state index is 13.0. The van der Waals surface area contributed by atoms with Gasteiger partial charge in [-0.05, 0) is 44.1 Å². The number of aromatic nitrogens is 3. The summed E-state index contributed by atoms with van der Waals surface area (Å²) in [5.41, 5.74) is 7.02. The highest BCUT2D eigenvalue weighted by molar-refractivity contribution is 6.00. The number of carbonyl (C=O) groups is 1. The Bertz CT molecular complexity index is 1140. The Hall–Kier alpha value is -3.04. The third kappa shape index (κ3) is 3.86. The predicted molar refractivity (Wildman–Crippen MR) is 113 cm³/mol. The van der Waals surface area contributed by atoms with Crippen molar-refractivity contribution in [1.82, 2.24) is 19.6 Å². The number of aliphatic hydroxyl groups is 1. The molecule has 4 N–H and O–H groups in total. The predicted octanol–water partition coefficient (Wildman–Crippen LogP) is -0.0746. The van der Waals surface area contributed by atoms with E-state index in [0.717, 1.165) is 19.6 Å². The molecule has 158 valence electrons. The second kappa shape index (κ2) is 8.76. The second-order valence-corrected chi connectivity index (χ2v) is 7.56. The van der Waals surface area contributed by atoms with E-state index in [-0.39, 0.29) is 41.4 Å². The van der Waals surface area contributed by atoms with Gasteiger partial charge in [-0.15, -0.1) is 0 Å². The summed E-state index contributed by atoms with van der Waals surface area (Å²) in [5, 5.41) is 12.7. The van der Waals surface area contributed by atoms with Gasteiger partial charge in [-0.25, -0.2) is 4.57 Å². The molecule has 0 spiro atoms. The summed E-state index contributed by atoms with van der Waals surface area (Å²) >= 11 is 0. The number of nitrogen functional groups attached to an aromatic ring is 1. The normalized spacial score (nSPS) is 15.0. The Morgan fingerprint density at radius 1 is 1.27 bits per heavy atom. The fourth-order valence-corrected chi connectivity index (χ4v) is 4.01. The van der Waals surface area contributed by atoms with Crippen LogP contribution in [0, 0.1) is 0 Å². The molecule has 4 heterocycles. The number of rotatable bonds is 6. The fourth-order valence-electron chi connectivity index (χ4n) is 4.01. The van der Waals surface area contributed by atoms with Crippen LogP contribution in [0.1, 0.15) is 29.6 Å². The van der Waals surface area contributed by atoms with Crippen LogP contribution in [0.15, 0.2) is 35.3 Å². The van der Waals surface area contributed by atoms with E-state index in [1.807, 2.05) is 0 Å². The van der Waals surface area contributed by atoms with Gasteiger partial charge >= 0.3 is 0 Å². The Labute approximate surface area is 173 Å². The molecule has 1 fully saturated rings. The zero-order valence-corrected chi connectivity index (χ0v) is 16.9. The molecule has 9 nitrogen and oxygen atoms in total. The summed E-state index contributed by atoms with van der Waals surface area (Å²) in [4.78, 5) is 32.8. The van der Waals surface area contributed by atoms with Crippen molar-refractivity contribution in [1.29, 1.82) is 0 Å². The lowest BCUT2D eigenvalue weighted by atomic mass is 10.1. The molecule has 9 heteroatoms. The minimum atomic E-state index is -0.337. The lowest BCUT2D eigenvalue weighted by Crippen LogP contribution is -2.44. The third-order valence-corrected chi connectivity index (χ3v) is 5.59. The molecular formula is C21H27N6O3+. The zero-order chi connectivity index (χ0) is 21.1. The molecule has 0 bridgehead atoms. The van der Waals surface area contributed by atoms with Crippen LogP contribution in [0.2, 0.25) is 0 Å². The molecule has 0 aliphatic carbocycles. The number of amides is 1. The minimum Gasteiger partial charge on any atom is -0.393 e. The van der Waals surface area contributed by atoms with Gasteiger partial charge in [0.2, 0.25) is 11.5 Å². The van der Waals surface area contributed by atoms with Gasteiger partial charge in [0.25, 0.3) is 17.1 Å². The van der Waals surface area contributed by atoms with Gasteiger partial charge in [-0.3, -0.25) is 14.0 Å². The highest BCUT2D eigenvalue weighted by Gasteiger charge is 2.24. The molecule has 1 aliphatic heterocycles. The minimum absolute atomic E-state index is 0.132. The monoisotopic (exact) mass is 411 g/mol. The molecule has 0 saturated carbocycles. The summed E-state index contributed by atoms with van der Waals surface area (Å²) in [5.74, 6) is -0.158. The number of piperidine rings is 1. The van der Waals surface area contributed by atoms with E-state index in [1.54, 1.807) is 24.4 Å². The van der Waals surface area contributed by atoms with Crippen LogP contribution >= 0.6 is 0 Å². The maximum Gasteiger partial charge on any atom is 0.278 e. The summed E-state index contributed by atoms with van der Waals surface area (Å²) < 4.78 is 2.96. The van der Waals surface area contributed by atoms with E-state index in [2.05, 4.69) is 15.2 Å². The third-order valence-electron chi connectivity index (χ3n) is 5.59. The number of likely N-dealkylation sites (tertiary alicyclic amines) is 1. The van der Waals surface area contributed by atoms with Crippen molar-refractivity contribution in [2.45, 2.75) is 25.8 Å². The first-order valence-corrected chi connectivity index (χ1v) is 10.3. The van der Waals surface area contributed by atoms with Crippen molar-refractivity contribution in [3.8, 4) is 0 Å². The molecular weight excluding hydrogens is 384 g/mol. The average molecular weight is 411 g/mol. The highest BCUT2D eigenvalue weighted by atomic mass is 16.3. The van der Waals surface area contributed by atoms with Crippen LogP contribution in [0.3, 0.4) is 0 Å². The Balaban J connectivity index is 1.69. The first-order valence-electron chi connectivity index (χ1n) is 10.3. The molecule has 30 heavy (non-hydrogen) atoms. The number of hydrogen-bond donors (Lipinski definition) is 3. The van der Waals surface area contributed by atoms with Crippen LogP contribution < -0.4 is 21.2 Å². The van der Waals surface area contributed by atoms with Crippen molar-refractivity contribution in [3.63, 3.8) is 0 Å². The quantitative estimate of drug-likeness (QED) is 0.386. The van der Waals surface area contributed by atoms with Gasteiger partial charge in [0.1, 0.15) is 10.9 Å². The summed E-state index contributed by atoms with van der Waals surface area (Å²) in [6.07, 6.45) is 5.28. The summed E-state index contributed by atoms with van der Waals surface area (Å²) in [6.45, 7) is 3.34. The largest absolute Gasteiger partial charge is 0.393 e. The van der Waals surface area contributed by atoms with Crippen molar-refractivity contribution in [2.75, 3.05) is 38.5 Å². The van der Waals surface area contributed by atoms with Crippen molar-refractivity contribution in [3.05, 3.63) is 46.4 Å². The highest BCUT2D eigenvalue weighted by Crippen LogP contribution is 2.14. The van der Waals surface area contributed by atoms with Crippen LogP contribution in [0.25, 0.3) is 16.7 Å². The molecule has 0 radical (unpaired) electrons. The SMILES string of the molecule is Nc1c(C(=O)NCCN2CCCCC2)cc2c(=O)n3ccccc3nc2[n+]1CCO. The smallest absolute Gasteiger partial charge is 0.278 e. The van der Waals surface area contributed by atoms with Crippen LogP contribution in [-0.2, 0) is 6.54 Å². The topological polar surface area (TPSA) is 117 Å². The van der Waals surface area contributed by atoms with Crippen LogP contribution in [0.4, 0.5) is 5.82 Å². The number of hydrogen-bond acceptors (Lipinski definition) is 6. The number of nitrogens with zero attached hydrogens (tertiary/aromatic N) is 4. The fraction of sp³-hybridized carbons (Fsp3) is 0.429. The van der Waals surface area contributed by atoms with Gasteiger partial charge < -0.3 is 21.1 Å². The first-order chi connectivity index (χ1) is 14.6. The molecule has 0 aromatic carbocycles. The number of anilines is 1. The molecule has 3 aromatic heterocycles. The molecule has 0 atom stereocenters. The Kier molecular flexibility index (Phi) is 5.91. The summed E-state index contributed by atoms with van der Waals surface area (Å²) in [6, 6.07) is 6.76. The standard InChI is InChI=1S/C21H26N6O3/c22-18-15(20(29)23-7-11-25-8-3-1-4-9-25)14-16-19(27(18)12-13-28)24-17-6-2-5-10-26(17)21(16)30/h2,5-6,10,14,22,28H,1,3-4,7-9,11-13H2,(H,23,29)/p+1. The molecule has 3 aromatic rings. The molecule has 1 saturated heterocycles. The van der Waals surface area contributed by atoms with Crippen LogP contribution in [-0.4, -0.2) is 58.1 Å². The molecule has 4 rings (SSSR count). The number of pyridine rings is 2. The van der Waals surface area contributed by atoms with Gasteiger partial charge in [0, 0.05) is 19.3 Å². The zero-order valence-electron chi connectivity index (χ0n) is 16.9. The Morgan fingerprint density at radius 2 is 2.07 bits per heavy atom.